The number of amides is 2. The SMILES string of the molecule is COC(=O)CNC(=O)c1cccc(NC(=O)C2(c3cccc(Cl)c3)CCOCC2)c1. The van der Waals surface area contributed by atoms with Crippen LogP contribution in [0.15, 0.2) is 48.5 Å². The van der Waals surface area contributed by atoms with E-state index in [1.807, 2.05) is 18.2 Å². The Labute approximate surface area is 179 Å². The molecular formula is C22H23ClN2O5. The minimum absolute atomic E-state index is 0.180. The molecule has 1 aliphatic heterocycles. The monoisotopic (exact) mass is 430 g/mol. The molecule has 2 N–H and O–H groups in total. The topological polar surface area (TPSA) is 93.7 Å². The molecule has 1 saturated heterocycles. The van der Waals surface area contributed by atoms with Crippen LogP contribution in [0.5, 0.6) is 0 Å². The highest BCUT2D eigenvalue weighted by atomic mass is 35.5. The van der Waals surface area contributed by atoms with Gasteiger partial charge in [0.05, 0.1) is 12.5 Å². The molecular weight excluding hydrogens is 408 g/mol. The number of anilines is 1. The van der Waals surface area contributed by atoms with Crippen LogP contribution in [0, 0.1) is 0 Å². The summed E-state index contributed by atoms with van der Waals surface area (Å²) in [6.07, 6.45) is 1.05. The molecule has 0 bridgehead atoms. The van der Waals surface area contributed by atoms with Crippen molar-refractivity contribution in [1.29, 1.82) is 0 Å². The molecule has 2 aromatic carbocycles. The van der Waals surface area contributed by atoms with Crippen molar-refractivity contribution in [3.8, 4) is 0 Å². The Morgan fingerprint density at radius 2 is 1.83 bits per heavy atom. The fourth-order valence-electron chi connectivity index (χ4n) is 3.47. The minimum atomic E-state index is -0.772. The minimum Gasteiger partial charge on any atom is -0.468 e. The van der Waals surface area contributed by atoms with E-state index in [1.165, 1.54) is 7.11 Å². The van der Waals surface area contributed by atoms with Gasteiger partial charge in [-0.15, -0.1) is 0 Å². The van der Waals surface area contributed by atoms with Gasteiger partial charge in [-0.2, -0.15) is 0 Å². The Morgan fingerprint density at radius 3 is 2.53 bits per heavy atom. The molecule has 0 atom stereocenters. The molecule has 30 heavy (non-hydrogen) atoms. The Balaban J connectivity index is 1.79. The van der Waals surface area contributed by atoms with Gasteiger partial charge in [0.15, 0.2) is 0 Å². The smallest absolute Gasteiger partial charge is 0.325 e. The van der Waals surface area contributed by atoms with Gasteiger partial charge in [-0.25, -0.2) is 0 Å². The lowest BCUT2D eigenvalue weighted by Crippen LogP contribution is -2.44. The third-order valence-electron chi connectivity index (χ3n) is 5.16. The lowest BCUT2D eigenvalue weighted by atomic mass is 9.73. The van der Waals surface area contributed by atoms with Gasteiger partial charge >= 0.3 is 5.97 Å². The van der Waals surface area contributed by atoms with Crippen molar-refractivity contribution >= 4 is 35.1 Å². The van der Waals surface area contributed by atoms with Crippen LogP contribution < -0.4 is 10.6 Å². The molecule has 7 nitrogen and oxygen atoms in total. The van der Waals surface area contributed by atoms with E-state index in [0.717, 1.165) is 5.56 Å². The van der Waals surface area contributed by atoms with Gasteiger partial charge in [-0.1, -0.05) is 29.8 Å². The van der Waals surface area contributed by atoms with Gasteiger partial charge in [0.1, 0.15) is 6.54 Å². The molecule has 0 aromatic heterocycles. The van der Waals surface area contributed by atoms with Gasteiger partial charge in [0.25, 0.3) is 5.91 Å². The van der Waals surface area contributed by atoms with Crippen molar-refractivity contribution in [1.82, 2.24) is 5.32 Å². The first kappa shape index (κ1) is 21.8. The largest absolute Gasteiger partial charge is 0.468 e. The van der Waals surface area contributed by atoms with Gasteiger partial charge in [0.2, 0.25) is 5.91 Å². The average Bonchev–Trinajstić information content (AvgIpc) is 2.77. The van der Waals surface area contributed by atoms with E-state index in [1.54, 1.807) is 30.3 Å². The number of halogens is 1. The van der Waals surface area contributed by atoms with Crippen LogP contribution in [0.1, 0.15) is 28.8 Å². The summed E-state index contributed by atoms with van der Waals surface area (Å²) in [6, 6.07) is 13.8. The average molecular weight is 431 g/mol. The second kappa shape index (κ2) is 9.73. The van der Waals surface area contributed by atoms with E-state index < -0.39 is 17.3 Å². The molecule has 2 amide bonds. The molecule has 158 valence electrons. The predicted molar refractivity (Wildman–Crippen MR) is 113 cm³/mol. The molecule has 1 aliphatic rings. The van der Waals surface area contributed by atoms with Crippen LogP contribution in [-0.4, -0.2) is 44.7 Å². The van der Waals surface area contributed by atoms with Crippen LogP contribution in [0.4, 0.5) is 5.69 Å². The van der Waals surface area contributed by atoms with Crippen LogP contribution in [0.3, 0.4) is 0 Å². The zero-order valence-electron chi connectivity index (χ0n) is 16.6. The van der Waals surface area contributed by atoms with Gasteiger partial charge < -0.3 is 20.1 Å². The van der Waals surface area contributed by atoms with Gasteiger partial charge in [0, 0.05) is 29.5 Å². The first-order valence-electron chi connectivity index (χ1n) is 9.55. The van der Waals surface area contributed by atoms with E-state index in [0.29, 0.717) is 42.3 Å². The van der Waals surface area contributed by atoms with Gasteiger partial charge in [-0.3, -0.25) is 14.4 Å². The summed E-state index contributed by atoms with van der Waals surface area (Å²) in [5.74, 6) is -1.16. The van der Waals surface area contributed by atoms with Gasteiger partial charge in [-0.05, 0) is 48.7 Å². The van der Waals surface area contributed by atoms with Crippen LogP contribution in [0.25, 0.3) is 0 Å². The highest BCUT2D eigenvalue weighted by Crippen LogP contribution is 2.37. The highest BCUT2D eigenvalue weighted by Gasteiger charge is 2.41. The number of carbonyl (C=O) groups excluding carboxylic acids is 3. The summed E-state index contributed by atoms with van der Waals surface area (Å²) in [5.41, 5.74) is 0.869. The molecule has 0 unspecified atom stereocenters. The highest BCUT2D eigenvalue weighted by molar-refractivity contribution is 6.30. The molecule has 0 saturated carbocycles. The van der Waals surface area contributed by atoms with E-state index >= 15 is 0 Å². The summed E-state index contributed by atoms with van der Waals surface area (Å²) in [6.45, 7) is 0.704. The summed E-state index contributed by atoms with van der Waals surface area (Å²) >= 11 is 6.17. The van der Waals surface area contributed by atoms with Crippen LogP contribution in [-0.2, 0) is 24.5 Å². The standard InChI is InChI=1S/C22H23ClN2O5/c1-29-19(26)14-24-20(27)15-4-2-7-18(12-15)25-21(28)22(8-10-30-11-9-22)16-5-3-6-17(23)13-16/h2-7,12-13H,8-11,14H2,1H3,(H,24,27)(H,25,28). The van der Waals surface area contributed by atoms with Crippen molar-refractivity contribution in [3.05, 3.63) is 64.7 Å². The molecule has 2 aromatic rings. The normalized spacial score (nSPS) is 15.1. The number of esters is 1. The lowest BCUT2D eigenvalue weighted by molar-refractivity contribution is -0.139. The zero-order chi connectivity index (χ0) is 21.6. The molecule has 3 rings (SSSR count). The fourth-order valence-corrected chi connectivity index (χ4v) is 3.66. The van der Waals surface area contributed by atoms with Crippen molar-refractivity contribution in [2.45, 2.75) is 18.3 Å². The maximum Gasteiger partial charge on any atom is 0.325 e. The second-order valence-corrected chi connectivity index (χ2v) is 7.44. The first-order valence-corrected chi connectivity index (χ1v) is 9.93. The summed E-state index contributed by atoms with van der Waals surface area (Å²) in [7, 11) is 1.25. The number of carbonyl (C=O) groups is 3. The number of nitrogens with one attached hydrogen (secondary N) is 2. The number of ether oxygens (including phenoxy) is 2. The Bertz CT molecular complexity index is 941. The van der Waals surface area contributed by atoms with Crippen molar-refractivity contribution < 1.29 is 23.9 Å². The maximum absolute atomic E-state index is 13.4. The molecule has 8 heteroatoms. The maximum atomic E-state index is 13.4. The van der Waals surface area contributed by atoms with Crippen molar-refractivity contribution in [2.75, 3.05) is 32.2 Å². The Kier molecular flexibility index (Phi) is 7.07. The van der Waals surface area contributed by atoms with Crippen molar-refractivity contribution in [3.63, 3.8) is 0 Å². The molecule has 0 aliphatic carbocycles. The van der Waals surface area contributed by atoms with E-state index in [2.05, 4.69) is 15.4 Å². The second-order valence-electron chi connectivity index (χ2n) is 7.00. The molecule has 0 spiro atoms. The van der Waals surface area contributed by atoms with E-state index in [4.69, 9.17) is 16.3 Å². The Hall–Kier alpha value is -2.90. The fraction of sp³-hybridized carbons (Fsp3) is 0.318. The number of hydrogen-bond donors (Lipinski definition) is 2. The summed E-state index contributed by atoms with van der Waals surface area (Å²) in [5, 5.41) is 5.97. The molecule has 1 fully saturated rings. The zero-order valence-corrected chi connectivity index (χ0v) is 17.3. The van der Waals surface area contributed by atoms with E-state index in [9.17, 15) is 14.4 Å². The van der Waals surface area contributed by atoms with Crippen LogP contribution >= 0.6 is 11.6 Å². The summed E-state index contributed by atoms with van der Waals surface area (Å²) < 4.78 is 9.99. The third kappa shape index (κ3) is 4.98. The number of rotatable bonds is 6. The van der Waals surface area contributed by atoms with Crippen molar-refractivity contribution in [2.24, 2.45) is 0 Å². The number of benzene rings is 2. The predicted octanol–water partition coefficient (Wildman–Crippen LogP) is 2.93. The van der Waals surface area contributed by atoms with E-state index in [-0.39, 0.29) is 12.5 Å². The molecule has 0 radical (unpaired) electrons. The quantitative estimate of drug-likeness (QED) is 0.687. The lowest BCUT2D eigenvalue weighted by Gasteiger charge is -2.36. The number of hydrogen-bond acceptors (Lipinski definition) is 5. The third-order valence-corrected chi connectivity index (χ3v) is 5.40. The number of methoxy groups -OCH3 is 1. The first-order chi connectivity index (χ1) is 14.4. The molecule has 1 heterocycles. The summed E-state index contributed by atoms with van der Waals surface area (Å²) in [4.78, 5) is 36.8. The van der Waals surface area contributed by atoms with Crippen LogP contribution in [0.2, 0.25) is 5.02 Å². The Morgan fingerprint density at radius 1 is 1.10 bits per heavy atom.